The molecule has 0 spiro atoms. The minimum atomic E-state index is -1.000. The van der Waals surface area contributed by atoms with E-state index in [0.717, 1.165) is 12.8 Å². The Morgan fingerprint density at radius 3 is 2.61 bits per heavy atom. The summed E-state index contributed by atoms with van der Waals surface area (Å²) in [5.74, 6) is -1.30. The Morgan fingerprint density at radius 2 is 1.96 bits per heavy atom. The van der Waals surface area contributed by atoms with Gasteiger partial charge in [0.05, 0.1) is 6.04 Å². The van der Waals surface area contributed by atoms with Crippen LogP contribution in [-0.4, -0.2) is 57.5 Å². The number of aromatic nitrogens is 2. The number of aliphatic carboxylic acids is 1. The number of carbonyl (C=O) groups is 2. The van der Waals surface area contributed by atoms with Crippen LogP contribution in [0.5, 0.6) is 0 Å². The highest BCUT2D eigenvalue weighted by Gasteiger charge is 2.30. The summed E-state index contributed by atoms with van der Waals surface area (Å²) in [5.41, 5.74) is 0.338. The number of hydrogen-bond donors (Lipinski definition) is 1. The summed E-state index contributed by atoms with van der Waals surface area (Å²) in [6, 6.07) is 1.98. The number of carboxylic acid groups (broad SMARTS) is 1. The van der Waals surface area contributed by atoms with Crippen molar-refractivity contribution in [2.45, 2.75) is 50.6 Å². The molecule has 126 valence electrons. The molecule has 7 heteroatoms. The van der Waals surface area contributed by atoms with Gasteiger partial charge in [0.15, 0.2) is 0 Å². The van der Waals surface area contributed by atoms with E-state index < -0.39 is 5.97 Å². The van der Waals surface area contributed by atoms with Gasteiger partial charge in [0.2, 0.25) is 0 Å². The first kappa shape index (κ1) is 16.0. The van der Waals surface area contributed by atoms with Crippen molar-refractivity contribution < 1.29 is 19.4 Å². The van der Waals surface area contributed by atoms with E-state index in [1.54, 1.807) is 6.07 Å². The number of carboxylic acids is 1. The van der Waals surface area contributed by atoms with Crippen molar-refractivity contribution in [3.63, 3.8) is 0 Å². The molecule has 2 heterocycles. The minimum absolute atomic E-state index is 0.0935. The SMILES string of the molecule is O=C(O)CN(C(=O)c1ccn(C2CCCC2)n1)C1CCOCC1. The molecule has 0 aromatic carbocycles. The number of hydrogen-bond acceptors (Lipinski definition) is 4. The average Bonchev–Trinajstić information content (AvgIpc) is 3.23. The molecule has 0 atom stereocenters. The van der Waals surface area contributed by atoms with Crippen molar-refractivity contribution in [3.05, 3.63) is 18.0 Å². The van der Waals surface area contributed by atoms with Gasteiger partial charge in [-0.05, 0) is 31.7 Å². The molecule has 1 N–H and O–H groups in total. The van der Waals surface area contributed by atoms with Crippen LogP contribution < -0.4 is 0 Å². The molecule has 1 saturated carbocycles. The Labute approximate surface area is 135 Å². The van der Waals surface area contributed by atoms with E-state index in [2.05, 4.69) is 5.10 Å². The number of ether oxygens (including phenoxy) is 1. The summed E-state index contributed by atoms with van der Waals surface area (Å²) >= 11 is 0. The summed E-state index contributed by atoms with van der Waals surface area (Å²) in [4.78, 5) is 25.3. The van der Waals surface area contributed by atoms with Gasteiger partial charge in [-0.25, -0.2) is 0 Å². The van der Waals surface area contributed by atoms with Gasteiger partial charge in [-0.15, -0.1) is 0 Å². The molecule has 1 aliphatic heterocycles. The van der Waals surface area contributed by atoms with Gasteiger partial charge in [0.25, 0.3) is 5.91 Å². The number of carbonyl (C=O) groups excluding carboxylic acids is 1. The maximum Gasteiger partial charge on any atom is 0.323 e. The maximum absolute atomic E-state index is 12.8. The molecule has 1 aromatic rings. The highest BCUT2D eigenvalue weighted by Crippen LogP contribution is 2.29. The molecule has 1 saturated heterocycles. The van der Waals surface area contributed by atoms with Crippen molar-refractivity contribution in [2.75, 3.05) is 19.8 Å². The fraction of sp³-hybridized carbons (Fsp3) is 0.688. The molecule has 2 aliphatic rings. The molecule has 2 fully saturated rings. The van der Waals surface area contributed by atoms with Gasteiger partial charge in [-0.3, -0.25) is 14.3 Å². The molecular weight excluding hydrogens is 298 g/mol. The van der Waals surface area contributed by atoms with Crippen LogP contribution in [0.4, 0.5) is 0 Å². The van der Waals surface area contributed by atoms with Crippen LogP contribution in [0.2, 0.25) is 0 Å². The fourth-order valence-corrected chi connectivity index (χ4v) is 3.48. The lowest BCUT2D eigenvalue weighted by Crippen LogP contribution is -2.46. The third-order valence-electron chi connectivity index (χ3n) is 4.72. The molecule has 1 amide bonds. The topological polar surface area (TPSA) is 84.7 Å². The van der Waals surface area contributed by atoms with Gasteiger partial charge >= 0.3 is 5.97 Å². The smallest absolute Gasteiger partial charge is 0.323 e. The highest BCUT2D eigenvalue weighted by atomic mass is 16.5. The molecule has 3 rings (SSSR count). The van der Waals surface area contributed by atoms with Crippen molar-refractivity contribution in [1.82, 2.24) is 14.7 Å². The number of nitrogens with zero attached hydrogens (tertiary/aromatic N) is 3. The average molecular weight is 321 g/mol. The lowest BCUT2D eigenvalue weighted by molar-refractivity contribution is -0.138. The lowest BCUT2D eigenvalue weighted by atomic mass is 10.1. The first-order valence-electron chi connectivity index (χ1n) is 8.31. The van der Waals surface area contributed by atoms with Crippen molar-refractivity contribution in [2.24, 2.45) is 0 Å². The Morgan fingerprint density at radius 1 is 1.26 bits per heavy atom. The number of rotatable bonds is 5. The minimum Gasteiger partial charge on any atom is -0.480 e. The van der Waals surface area contributed by atoms with Gasteiger partial charge in [0.1, 0.15) is 12.2 Å². The van der Waals surface area contributed by atoms with E-state index in [0.29, 0.717) is 37.8 Å². The van der Waals surface area contributed by atoms with Crippen LogP contribution in [0.25, 0.3) is 0 Å². The van der Waals surface area contributed by atoms with Gasteiger partial charge in [0, 0.05) is 25.5 Å². The Balaban J connectivity index is 1.75. The zero-order valence-corrected chi connectivity index (χ0v) is 13.2. The Hall–Kier alpha value is -1.89. The predicted octanol–water partition coefficient (Wildman–Crippen LogP) is 1.70. The maximum atomic E-state index is 12.8. The second-order valence-electron chi connectivity index (χ2n) is 6.29. The van der Waals surface area contributed by atoms with Crippen LogP contribution in [0.15, 0.2) is 12.3 Å². The molecule has 1 aliphatic carbocycles. The zero-order valence-electron chi connectivity index (χ0n) is 13.2. The van der Waals surface area contributed by atoms with Gasteiger partial charge < -0.3 is 14.7 Å². The van der Waals surface area contributed by atoms with E-state index >= 15 is 0 Å². The molecule has 23 heavy (non-hydrogen) atoms. The Bertz CT molecular complexity index is 559. The van der Waals surface area contributed by atoms with Gasteiger partial charge in [-0.2, -0.15) is 5.10 Å². The van der Waals surface area contributed by atoms with Crippen LogP contribution in [0.1, 0.15) is 55.1 Å². The van der Waals surface area contributed by atoms with E-state index in [9.17, 15) is 9.59 Å². The normalized spacial score (nSPS) is 19.8. The third kappa shape index (κ3) is 3.72. The van der Waals surface area contributed by atoms with Crippen LogP contribution in [-0.2, 0) is 9.53 Å². The van der Waals surface area contributed by atoms with E-state index in [-0.39, 0.29) is 18.5 Å². The molecule has 0 bridgehead atoms. The largest absolute Gasteiger partial charge is 0.480 e. The fourth-order valence-electron chi connectivity index (χ4n) is 3.48. The van der Waals surface area contributed by atoms with Gasteiger partial charge in [-0.1, -0.05) is 12.8 Å². The first-order chi connectivity index (χ1) is 11.1. The van der Waals surface area contributed by atoms with Crippen LogP contribution >= 0.6 is 0 Å². The molecule has 1 aromatic heterocycles. The zero-order chi connectivity index (χ0) is 16.2. The van der Waals surface area contributed by atoms with Crippen molar-refractivity contribution in [3.8, 4) is 0 Å². The van der Waals surface area contributed by atoms with Crippen molar-refractivity contribution in [1.29, 1.82) is 0 Å². The molecule has 0 radical (unpaired) electrons. The van der Waals surface area contributed by atoms with E-state index in [1.807, 2.05) is 10.9 Å². The quantitative estimate of drug-likeness (QED) is 0.892. The summed E-state index contributed by atoms with van der Waals surface area (Å²) in [6.45, 7) is 0.828. The summed E-state index contributed by atoms with van der Waals surface area (Å²) in [5, 5.41) is 13.6. The molecular formula is C16H23N3O4. The summed E-state index contributed by atoms with van der Waals surface area (Å²) < 4.78 is 7.17. The second-order valence-corrected chi connectivity index (χ2v) is 6.29. The summed E-state index contributed by atoms with van der Waals surface area (Å²) in [7, 11) is 0. The first-order valence-corrected chi connectivity index (χ1v) is 8.31. The third-order valence-corrected chi connectivity index (χ3v) is 4.72. The lowest BCUT2D eigenvalue weighted by Gasteiger charge is -2.32. The highest BCUT2D eigenvalue weighted by molar-refractivity contribution is 5.94. The Kier molecular flexibility index (Phi) is 4.95. The second kappa shape index (κ2) is 7.12. The van der Waals surface area contributed by atoms with E-state index in [1.165, 1.54) is 17.7 Å². The standard InChI is InChI=1S/C16H23N3O4/c20-15(21)11-18(12-6-9-23-10-7-12)16(22)14-5-8-19(17-14)13-3-1-2-4-13/h5,8,12-13H,1-4,6-7,9-11H2,(H,20,21). The molecule has 0 unspecified atom stereocenters. The van der Waals surface area contributed by atoms with E-state index in [4.69, 9.17) is 9.84 Å². The van der Waals surface area contributed by atoms with Crippen molar-refractivity contribution >= 4 is 11.9 Å². The monoisotopic (exact) mass is 321 g/mol. The summed E-state index contributed by atoms with van der Waals surface area (Å²) in [6.07, 6.45) is 7.75. The van der Waals surface area contributed by atoms with Crippen LogP contribution in [0.3, 0.4) is 0 Å². The van der Waals surface area contributed by atoms with Crippen LogP contribution in [0, 0.1) is 0 Å². The molecule has 7 nitrogen and oxygen atoms in total. The number of amides is 1. The predicted molar refractivity (Wildman–Crippen MR) is 82.2 cm³/mol.